The number of carboxylic acid groups (broad SMARTS) is 2. The van der Waals surface area contributed by atoms with Gasteiger partial charge in [-0.3, -0.25) is 19.7 Å². The third kappa shape index (κ3) is 17.9. The van der Waals surface area contributed by atoms with Crippen molar-refractivity contribution in [2.24, 2.45) is 0 Å². The van der Waals surface area contributed by atoms with Crippen molar-refractivity contribution in [2.75, 3.05) is 48.8 Å². The molecule has 3 amide bonds. The Bertz CT molecular complexity index is 3050. The van der Waals surface area contributed by atoms with Crippen molar-refractivity contribution in [3.63, 3.8) is 0 Å². The molecule has 6 aromatic rings. The number of H-pyrrole nitrogens is 1. The van der Waals surface area contributed by atoms with Gasteiger partial charge in [0.15, 0.2) is 0 Å². The lowest BCUT2D eigenvalue weighted by Gasteiger charge is -2.32. The number of nitrogens with zero attached hydrogens (tertiary/aromatic N) is 2. The summed E-state index contributed by atoms with van der Waals surface area (Å²) in [6.45, 7) is 6.13. The molecule has 7 rings (SSSR count). The summed E-state index contributed by atoms with van der Waals surface area (Å²) >= 11 is 0. The lowest BCUT2D eigenvalue weighted by molar-refractivity contribution is -0.193. The highest BCUT2D eigenvalue weighted by molar-refractivity contribution is 6.06. The van der Waals surface area contributed by atoms with E-state index in [2.05, 4.69) is 25.8 Å². The predicted molar refractivity (Wildman–Crippen MR) is 275 cm³/mol. The van der Waals surface area contributed by atoms with Crippen molar-refractivity contribution in [1.82, 2.24) is 15.2 Å². The maximum atomic E-state index is 13.5. The van der Waals surface area contributed by atoms with Gasteiger partial charge in [-0.2, -0.15) is 26.3 Å². The van der Waals surface area contributed by atoms with Gasteiger partial charge >= 0.3 is 30.4 Å². The fourth-order valence-corrected chi connectivity index (χ4v) is 8.05. The highest BCUT2D eigenvalue weighted by Gasteiger charge is 2.39. The molecule has 0 spiro atoms. The lowest BCUT2D eigenvalue weighted by Crippen LogP contribution is -2.40. The Kier molecular flexibility index (Phi) is 20.9. The highest BCUT2D eigenvalue weighted by Crippen LogP contribution is 2.30. The molecule has 0 aliphatic carbocycles. The van der Waals surface area contributed by atoms with Gasteiger partial charge in [0.25, 0.3) is 5.91 Å². The summed E-state index contributed by atoms with van der Waals surface area (Å²) in [5, 5.41) is 45.3. The van der Waals surface area contributed by atoms with Crippen LogP contribution >= 0.6 is 0 Å². The topological polar surface area (TPSA) is 251 Å². The smallest absolute Gasteiger partial charge is 0.490 e. The molecule has 8 N–H and O–H groups in total. The van der Waals surface area contributed by atoms with Crippen LogP contribution in [0.1, 0.15) is 59.3 Å². The third-order valence-electron chi connectivity index (χ3n) is 12.0. The van der Waals surface area contributed by atoms with E-state index < -0.39 is 36.5 Å². The van der Waals surface area contributed by atoms with E-state index in [0.717, 1.165) is 22.3 Å². The number of anilines is 3. The SMILES string of the molecule is Cc1ccc(C(=O)Nc2cccc(CC(C)NC[C@H](O)c3ccc(O)c4[nH]c(=O)ccc34)c2)cc1N(C)C(=O)CCN1CCC(OC(=O)Nc2ccccc2-c2ccccc2)CC1.O=C(O)C(F)(F)F.O=C(O)C(F)(F)F. The van der Waals surface area contributed by atoms with Crippen LogP contribution in [0.2, 0.25) is 0 Å². The highest BCUT2D eigenvalue weighted by atomic mass is 19.4. The van der Waals surface area contributed by atoms with E-state index in [-0.39, 0.29) is 47.3 Å². The fraction of sp³-hybridized carbons (Fsp3) is 0.296. The van der Waals surface area contributed by atoms with Crippen LogP contribution in [0.25, 0.3) is 22.0 Å². The summed E-state index contributed by atoms with van der Waals surface area (Å²) in [5.74, 6) is -5.95. The number of aromatic amines is 1. The van der Waals surface area contributed by atoms with Gasteiger partial charge in [0.05, 0.1) is 17.3 Å². The second-order valence-corrected chi connectivity index (χ2v) is 17.8. The van der Waals surface area contributed by atoms with Gasteiger partial charge in [-0.15, -0.1) is 0 Å². The first-order valence-corrected chi connectivity index (χ1v) is 23.8. The molecule has 5 aromatic carbocycles. The number of halogens is 6. The number of aliphatic hydroxyl groups excluding tert-OH is 1. The molecule has 1 saturated heterocycles. The molecular formula is C54H56F6N6O11. The van der Waals surface area contributed by atoms with Crippen molar-refractivity contribution in [2.45, 2.75) is 70.1 Å². The van der Waals surface area contributed by atoms with Crippen LogP contribution in [0.5, 0.6) is 5.75 Å². The number of carbonyl (C=O) groups is 5. The lowest BCUT2D eigenvalue weighted by atomic mass is 10.0. The number of para-hydroxylation sites is 1. The van der Waals surface area contributed by atoms with E-state index in [1.54, 1.807) is 36.2 Å². The van der Waals surface area contributed by atoms with Gasteiger partial charge in [-0.05, 0) is 97.8 Å². The second-order valence-electron chi connectivity index (χ2n) is 17.8. The first kappa shape index (κ1) is 59.6. The van der Waals surface area contributed by atoms with Crippen LogP contribution in [0.15, 0.2) is 126 Å². The Balaban J connectivity index is 0.000000688. The minimum atomic E-state index is -5.08. The Morgan fingerprint density at radius 1 is 0.805 bits per heavy atom. The zero-order valence-corrected chi connectivity index (χ0v) is 41.7. The number of likely N-dealkylation sites (tertiary alicyclic amines) is 1. The number of amides is 3. The number of nitrogens with one attached hydrogen (secondary N) is 4. The molecule has 23 heteroatoms. The predicted octanol–water partition coefficient (Wildman–Crippen LogP) is 9.05. The van der Waals surface area contributed by atoms with Crippen molar-refractivity contribution < 1.29 is 75.5 Å². The summed E-state index contributed by atoms with van der Waals surface area (Å²) in [4.78, 5) is 75.9. The van der Waals surface area contributed by atoms with Crippen molar-refractivity contribution in [3.05, 3.63) is 154 Å². The van der Waals surface area contributed by atoms with Crippen LogP contribution in [0, 0.1) is 6.92 Å². The second kappa shape index (κ2) is 27.0. The normalized spacial score (nSPS) is 13.6. The molecule has 1 aliphatic rings. The van der Waals surface area contributed by atoms with Gasteiger partial charge < -0.3 is 50.6 Å². The average molecular weight is 1080 g/mol. The number of phenolic OH excluding ortho intramolecular Hbond substituents is 1. The number of carboxylic acids is 2. The zero-order valence-electron chi connectivity index (χ0n) is 41.7. The first-order chi connectivity index (χ1) is 36.3. The largest absolute Gasteiger partial charge is 0.506 e. The number of aliphatic hydroxyl groups is 1. The van der Waals surface area contributed by atoms with Gasteiger partial charge in [0.1, 0.15) is 11.9 Å². The Hall–Kier alpha value is -8.28. The summed E-state index contributed by atoms with van der Waals surface area (Å²) < 4.78 is 69.3. The van der Waals surface area contributed by atoms with Crippen LogP contribution in [0.4, 0.5) is 48.2 Å². The number of hydrogen-bond donors (Lipinski definition) is 8. The molecule has 2 atom stereocenters. The Morgan fingerprint density at radius 3 is 2.09 bits per heavy atom. The Morgan fingerprint density at radius 2 is 1.44 bits per heavy atom. The number of pyridine rings is 1. The number of aromatic nitrogens is 1. The van der Waals surface area contributed by atoms with Crippen molar-refractivity contribution in [1.29, 1.82) is 0 Å². The van der Waals surface area contributed by atoms with Crippen molar-refractivity contribution in [3.8, 4) is 16.9 Å². The number of phenols is 1. The quantitative estimate of drug-likeness (QED) is 0.0448. The number of ether oxygens (including phenoxy) is 1. The molecule has 410 valence electrons. The maximum Gasteiger partial charge on any atom is 0.490 e. The number of fused-ring (bicyclic) bond motifs is 1. The van der Waals surface area contributed by atoms with Gasteiger partial charge in [0, 0.05) is 79.6 Å². The fourth-order valence-electron chi connectivity index (χ4n) is 8.05. The van der Waals surface area contributed by atoms with Crippen LogP contribution in [-0.2, 0) is 25.5 Å². The summed E-state index contributed by atoms with van der Waals surface area (Å²) in [6.07, 6.45) is -9.50. The summed E-state index contributed by atoms with van der Waals surface area (Å²) in [5.41, 5.74) is 6.70. The molecule has 0 bridgehead atoms. The summed E-state index contributed by atoms with van der Waals surface area (Å²) in [7, 11) is 1.73. The number of carbonyl (C=O) groups excluding carboxylic acids is 3. The summed E-state index contributed by atoms with van der Waals surface area (Å²) in [6, 6.07) is 36.5. The molecule has 77 heavy (non-hydrogen) atoms. The van der Waals surface area contributed by atoms with Gasteiger partial charge in [0.2, 0.25) is 11.5 Å². The number of aryl methyl sites for hydroxylation is 1. The van der Waals surface area contributed by atoms with Crippen LogP contribution in [-0.4, -0.2) is 118 Å². The van der Waals surface area contributed by atoms with E-state index in [9.17, 15) is 55.7 Å². The molecule has 0 radical (unpaired) electrons. The monoisotopic (exact) mass is 1080 g/mol. The molecular weight excluding hydrogens is 1020 g/mol. The molecule has 2 heterocycles. The molecule has 0 saturated carbocycles. The van der Waals surface area contributed by atoms with Crippen LogP contribution < -0.4 is 26.4 Å². The zero-order chi connectivity index (χ0) is 56.6. The standard InChI is InChI=1S/C50H54N6O7.2C2HF3O2/c1-32-16-17-36(49(61)52-37-13-9-10-34(29-37)28-33(2)51-31-45(58)40-18-20-44(57)48-41(40)19-21-46(59)54-48)30-43(32)55(3)47(60)24-27-56-25-22-38(23-26-56)63-50(62)53-42-15-8-7-14-39(42)35-11-5-4-6-12-35;2*3-2(4,5)1(6)7/h4-21,29-30,33,38,45,51,57-58H,22-28,31H2,1-3H3,(H,52,61)(H,53,62)(H,54,59);2*(H,6,7)/t33?,45-;;/m0../s1. The number of rotatable bonds is 15. The number of piperidine rings is 1. The maximum absolute atomic E-state index is 13.5. The van der Waals surface area contributed by atoms with E-state index >= 15 is 0 Å². The van der Waals surface area contributed by atoms with E-state index in [1.165, 1.54) is 12.1 Å². The van der Waals surface area contributed by atoms with E-state index in [1.807, 2.05) is 98.8 Å². The first-order valence-electron chi connectivity index (χ1n) is 23.8. The number of hydrogen-bond acceptors (Lipinski definition) is 11. The number of aliphatic carboxylic acids is 2. The average Bonchev–Trinajstić information content (AvgIpc) is 3.38. The minimum absolute atomic E-state index is 0.0320. The molecule has 1 aliphatic heterocycles. The third-order valence-corrected chi connectivity index (χ3v) is 12.0. The molecule has 17 nitrogen and oxygen atoms in total. The van der Waals surface area contributed by atoms with E-state index in [4.69, 9.17) is 24.5 Å². The van der Waals surface area contributed by atoms with Gasteiger partial charge in [-0.25, -0.2) is 14.4 Å². The van der Waals surface area contributed by atoms with Gasteiger partial charge in [-0.1, -0.05) is 72.8 Å². The Labute approximate surface area is 437 Å². The molecule has 1 unspecified atom stereocenters. The number of aromatic hydroxyl groups is 1. The number of alkyl halides is 6. The van der Waals surface area contributed by atoms with Crippen LogP contribution in [0.3, 0.4) is 0 Å². The van der Waals surface area contributed by atoms with E-state index in [0.29, 0.717) is 78.9 Å². The molecule has 1 aromatic heterocycles. The molecule has 1 fully saturated rings. The minimum Gasteiger partial charge on any atom is -0.506 e. The number of benzene rings is 5. The van der Waals surface area contributed by atoms with Crippen molar-refractivity contribution >= 4 is 57.8 Å².